The second-order valence-corrected chi connectivity index (χ2v) is 4.94. The lowest BCUT2D eigenvalue weighted by Gasteiger charge is -2.03. The van der Waals surface area contributed by atoms with E-state index in [9.17, 15) is 9.59 Å². The predicted molar refractivity (Wildman–Crippen MR) is 72.2 cm³/mol. The molecule has 2 aromatic rings. The quantitative estimate of drug-likeness (QED) is 0.862. The van der Waals surface area contributed by atoms with Gasteiger partial charge in [-0.3, -0.25) is 9.48 Å². The maximum Gasteiger partial charge on any atom is 0.345 e. The maximum absolute atomic E-state index is 11.9. The van der Waals surface area contributed by atoms with Crippen molar-refractivity contribution in [3.05, 3.63) is 33.6 Å². The van der Waals surface area contributed by atoms with Crippen molar-refractivity contribution in [1.82, 2.24) is 15.1 Å². The molecule has 0 bridgehead atoms. The minimum atomic E-state index is -1.04. The summed E-state index contributed by atoms with van der Waals surface area (Å²) in [5.74, 6) is -0.924. The van der Waals surface area contributed by atoms with Crippen LogP contribution in [-0.2, 0) is 13.6 Å². The molecule has 0 fully saturated rings. The number of nitrogens with one attached hydrogen (secondary N) is 1. The van der Waals surface area contributed by atoms with E-state index >= 15 is 0 Å². The summed E-state index contributed by atoms with van der Waals surface area (Å²) < 4.78 is 6.67. The molecule has 0 spiro atoms. The summed E-state index contributed by atoms with van der Waals surface area (Å²) in [6.07, 6.45) is 1.75. The Labute approximate surface area is 118 Å². The Hall–Kier alpha value is -2.35. The molecular weight excluding hydrogens is 282 g/mol. The van der Waals surface area contributed by atoms with E-state index in [-0.39, 0.29) is 17.3 Å². The van der Waals surface area contributed by atoms with Crippen molar-refractivity contribution in [2.75, 3.05) is 7.11 Å². The zero-order chi connectivity index (χ0) is 14.7. The van der Waals surface area contributed by atoms with E-state index in [1.165, 1.54) is 18.6 Å². The first kappa shape index (κ1) is 14.1. The van der Waals surface area contributed by atoms with E-state index in [0.717, 1.165) is 16.9 Å². The summed E-state index contributed by atoms with van der Waals surface area (Å²) in [6.45, 7) is 0.258. The number of aromatic carboxylic acids is 1. The van der Waals surface area contributed by atoms with Crippen molar-refractivity contribution in [3.63, 3.8) is 0 Å². The van der Waals surface area contributed by atoms with Crippen molar-refractivity contribution in [1.29, 1.82) is 0 Å². The number of thiophene rings is 1. The molecular formula is C12H13N3O4S. The smallest absolute Gasteiger partial charge is 0.345 e. The molecule has 2 rings (SSSR count). The first-order chi connectivity index (χ1) is 9.51. The summed E-state index contributed by atoms with van der Waals surface area (Å²) in [5.41, 5.74) is 1.08. The minimum Gasteiger partial charge on any atom is -0.480 e. The zero-order valence-corrected chi connectivity index (χ0v) is 11.7. The van der Waals surface area contributed by atoms with Crippen LogP contribution in [0.1, 0.15) is 25.6 Å². The number of methoxy groups -OCH3 is 1. The number of carboxylic acids is 1. The topological polar surface area (TPSA) is 93.5 Å². The lowest BCUT2D eigenvalue weighted by molar-refractivity contribution is 0.0702. The third-order valence-electron chi connectivity index (χ3n) is 2.57. The Kier molecular flexibility index (Phi) is 4.04. The second kappa shape index (κ2) is 5.74. The van der Waals surface area contributed by atoms with E-state index in [0.29, 0.717) is 11.4 Å². The number of carbonyl (C=O) groups excluding carboxylic acids is 1. The van der Waals surface area contributed by atoms with Gasteiger partial charge in [-0.1, -0.05) is 0 Å². The van der Waals surface area contributed by atoms with Gasteiger partial charge >= 0.3 is 5.97 Å². The second-order valence-electron chi connectivity index (χ2n) is 4.02. The van der Waals surface area contributed by atoms with E-state index in [1.807, 2.05) is 0 Å². The zero-order valence-electron chi connectivity index (χ0n) is 10.9. The number of hydrogen-bond acceptors (Lipinski definition) is 5. The standard InChI is InChI=1S/C12H13N3O4S/c1-15-5-8(11(14-15)19-2)4-13-10(16)7-3-9(12(17)18)20-6-7/h3,5-6H,4H2,1-2H3,(H,13,16)(H,17,18). The Morgan fingerprint density at radius 2 is 2.30 bits per heavy atom. The molecule has 0 saturated carbocycles. The number of aromatic nitrogens is 2. The van der Waals surface area contributed by atoms with Crippen molar-refractivity contribution < 1.29 is 19.4 Å². The molecule has 0 aliphatic carbocycles. The maximum atomic E-state index is 11.9. The molecule has 0 aliphatic rings. The summed E-state index contributed by atoms with van der Waals surface area (Å²) in [7, 11) is 3.26. The molecule has 0 atom stereocenters. The van der Waals surface area contributed by atoms with E-state index < -0.39 is 5.97 Å². The summed E-state index contributed by atoms with van der Waals surface area (Å²) in [4.78, 5) is 22.8. The van der Waals surface area contributed by atoms with Crippen LogP contribution >= 0.6 is 11.3 Å². The highest BCUT2D eigenvalue weighted by Gasteiger charge is 2.14. The van der Waals surface area contributed by atoms with Crippen LogP contribution in [0, 0.1) is 0 Å². The molecule has 0 radical (unpaired) electrons. The molecule has 2 heterocycles. The van der Waals surface area contributed by atoms with Gasteiger partial charge in [0, 0.05) is 18.6 Å². The van der Waals surface area contributed by atoms with Crippen molar-refractivity contribution in [3.8, 4) is 5.88 Å². The Morgan fingerprint density at radius 3 is 2.90 bits per heavy atom. The fourth-order valence-electron chi connectivity index (χ4n) is 1.66. The highest BCUT2D eigenvalue weighted by Crippen LogP contribution is 2.16. The lowest BCUT2D eigenvalue weighted by Crippen LogP contribution is -2.22. The van der Waals surface area contributed by atoms with Crippen molar-refractivity contribution in [2.24, 2.45) is 7.05 Å². The third kappa shape index (κ3) is 2.97. The molecule has 2 N–H and O–H groups in total. The average Bonchev–Trinajstić information content (AvgIpc) is 3.02. The predicted octanol–water partition coefficient (Wildman–Crippen LogP) is 1.12. The van der Waals surface area contributed by atoms with E-state index in [4.69, 9.17) is 9.84 Å². The SMILES string of the molecule is COc1nn(C)cc1CNC(=O)c1csc(C(=O)O)c1. The summed E-state index contributed by atoms with van der Waals surface area (Å²) >= 11 is 1.02. The van der Waals surface area contributed by atoms with Gasteiger partial charge in [-0.25, -0.2) is 4.79 Å². The van der Waals surface area contributed by atoms with Gasteiger partial charge < -0.3 is 15.2 Å². The monoisotopic (exact) mass is 295 g/mol. The van der Waals surface area contributed by atoms with Gasteiger partial charge in [0.25, 0.3) is 5.91 Å². The van der Waals surface area contributed by atoms with Crippen LogP contribution in [0.25, 0.3) is 0 Å². The fourth-order valence-corrected chi connectivity index (χ4v) is 2.38. The van der Waals surface area contributed by atoms with Gasteiger partial charge in [0.05, 0.1) is 24.8 Å². The number of amides is 1. The summed E-state index contributed by atoms with van der Waals surface area (Å²) in [5, 5.41) is 17.1. The van der Waals surface area contributed by atoms with Crippen LogP contribution in [0.15, 0.2) is 17.6 Å². The number of carboxylic acid groups (broad SMARTS) is 1. The van der Waals surface area contributed by atoms with Crippen LogP contribution in [-0.4, -0.2) is 33.9 Å². The molecule has 1 amide bonds. The van der Waals surface area contributed by atoms with E-state index in [1.54, 1.807) is 17.9 Å². The largest absolute Gasteiger partial charge is 0.480 e. The Balaban J connectivity index is 2.02. The van der Waals surface area contributed by atoms with Crippen LogP contribution in [0.5, 0.6) is 5.88 Å². The van der Waals surface area contributed by atoms with Gasteiger partial charge in [-0.05, 0) is 6.07 Å². The van der Waals surface area contributed by atoms with Gasteiger partial charge in [0.1, 0.15) is 4.88 Å². The fraction of sp³-hybridized carbons (Fsp3) is 0.250. The Bertz CT molecular complexity index is 647. The molecule has 0 saturated heterocycles. The van der Waals surface area contributed by atoms with Gasteiger partial charge in [-0.2, -0.15) is 0 Å². The van der Waals surface area contributed by atoms with Gasteiger partial charge in [0.2, 0.25) is 5.88 Å². The molecule has 7 nitrogen and oxygen atoms in total. The molecule has 2 aromatic heterocycles. The number of ether oxygens (including phenoxy) is 1. The van der Waals surface area contributed by atoms with Crippen LogP contribution < -0.4 is 10.1 Å². The van der Waals surface area contributed by atoms with Crippen molar-refractivity contribution >= 4 is 23.2 Å². The van der Waals surface area contributed by atoms with Crippen LogP contribution in [0.3, 0.4) is 0 Å². The molecule has 0 aliphatic heterocycles. The number of aryl methyl sites for hydroxylation is 1. The van der Waals surface area contributed by atoms with Crippen molar-refractivity contribution in [2.45, 2.75) is 6.54 Å². The first-order valence-electron chi connectivity index (χ1n) is 5.67. The van der Waals surface area contributed by atoms with Crippen LogP contribution in [0.2, 0.25) is 0 Å². The third-order valence-corrected chi connectivity index (χ3v) is 3.49. The highest BCUT2D eigenvalue weighted by atomic mass is 32.1. The molecule has 8 heteroatoms. The normalized spacial score (nSPS) is 10.3. The Morgan fingerprint density at radius 1 is 1.55 bits per heavy atom. The minimum absolute atomic E-state index is 0.133. The van der Waals surface area contributed by atoms with E-state index in [2.05, 4.69) is 10.4 Å². The summed E-state index contributed by atoms with van der Waals surface area (Å²) in [6, 6.07) is 1.35. The van der Waals surface area contributed by atoms with Crippen LogP contribution in [0.4, 0.5) is 0 Å². The molecule has 0 unspecified atom stereocenters. The van der Waals surface area contributed by atoms with Gasteiger partial charge in [0.15, 0.2) is 0 Å². The molecule has 106 valence electrons. The molecule has 20 heavy (non-hydrogen) atoms. The average molecular weight is 295 g/mol. The number of nitrogens with zero attached hydrogens (tertiary/aromatic N) is 2. The molecule has 0 aromatic carbocycles. The highest BCUT2D eigenvalue weighted by molar-refractivity contribution is 7.12. The lowest BCUT2D eigenvalue weighted by atomic mass is 10.2. The number of carbonyl (C=O) groups is 2. The number of hydrogen-bond donors (Lipinski definition) is 2. The van der Waals surface area contributed by atoms with Gasteiger partial charge in [-0.15, -0.1) is 16.4 Å². The number of rotatable bonds is 5. The first-order valence-corrected chi connectivity index (χ1v) is 6.55.